The maximum absolute atomic E-state index is 8.66. The zero-order valence-electron chi connectivity index (χ0n) is 11.4. The summed E-state index contributed by atoms with van der Waals surface area (Å²) in [5, 5.41) is 11.7. The average Bonchev–Trinajstić information content (AvgIpc) is 2.33. The normalized spacial score (nSPS) is 13.4. The molecule has 6 nitrogen and oxygen atoms in total. The van der Waals surface area contributed by atoms with E-state index in [2.05, 4.69) is 15.1 Å². The summed E-state index contributed by atoms with van der Waals surface area (Å²) < 4.78 is 0. The Kier molecular flexibility index (Phi) is 4.88. The van der Waals surface area contributed by atoms with Gasteiger partial charge in [0.15, 0.2) is 0 Å². The molecule has 1 rings (SSSR count). The molecule has 1 atom stereocenters. The molecular formula is C12H21N5O. The van der Waals surface area contributed by atoms with Gasteiger partial charge in [-0.1, -0.05) is 12.1 Å². The van der Waals surface area contributed by atoms with Crippen LogP contribution in [-0.4, -0.2) is 34.1 Å². The molecule has 0 aliphatic carbocycles. The van der Waals surface area contributed by atoms with Crippen LogP contribution in [-0.2, 0) is 0 Å². The van der Waals surface area contributed by atoms with Crippen molar-refractivity contribution in [2.75, 3.05) is 18.0 Å². The molecule has 0 aliphatic rings. The monoisotopic (exact) mass is 251 g/mol. The van der Waals surface area contributed by atoms with Crippen molar-refractivity contribution in [1.82, 2.24) is 9.97 Å². The maximum atomic E-state index is 8.66. The van der Waals surface area contributed by atoms with Crippen LogP contribution in [0.2, 0.25) is 0 Å². The van der Waals surface area contributed by atoms with Crippen LogP contribution in [0.5, 0.6) is 0 Å². The number of hydrogen-bond acceptors (Lipinski definition) is 5. The third-order valence-corrected chi connectivity index (χ3v) is 2.75. The van der Waals surface area contributed by atoms with Gasteiger partial charge in [-0.15, -0.1) is 0 Å². The van der Waals surface area contributed by atoms with Crippen molar-refractivity contribution in [1.29, 1.82) is 0 Å². The lowest BCUT2D eigenvalue weighted by Crippen LogP contribution is -2.36. The van der Waals surface area contributed by atoms with Gasteiger partial charge in [0, 0.05) is 30.4 Å². The molecule has 0 radical (unpaired) electrons. The maximum Gasteiger partial charge on any atom is 0.225 e. The second kappa shape index (κ2) is 6.18. The summed E-state index contributed by atoms with van der Waals surface area (Å²) in [4.78, 5) is 10.8. The van der Waals surface area contributed by atoms with E-state index in [0.717, 1.165) is 17.9 Å². The van der Waals surface area contributed by atoms with Crippen LogP contribution in [0.4, 0.5) is 5.95 Å². The van der Waals surface area contributed by atoms with E-state index in [9.17, 15) is 0 Å². The van der Waals surface area contributed by atoms with Crippen LogP contribution in [0.1, 0.15) is 25.2 Å². The summed E-state index contributed by atoms with van der Waals surface area (Å²) in [6, 6.07) is 1.93. The molecule has 18 heavy (non-hydrogen) atoms. The molecule has 3 N–H and O–H groups in total. The Balaban J connectivity index is 2.89. The van der Waals surface area contributed by atoms with Crippen LogP contribution in [0.15, 0.2) is 11.2 Å². The average molecular weight is 251 g/mol. The number of oxime groups is 1. The second-order valence-corrected chi connectivity index (χ2v) is 4.42. The van der Waals surface area contributed by atoms with Gasteiger partial charge in [-0.2, -0.15) is 0 Å². The topological polar surface area (TPSA) is 87.6 Å². The largest absolute Gasteiger partial charge is 0.409 e. The zero-order valence-corrected chi connectivity index (χ0v) is 11.4. The standard InChI is InChI=1S/C12H21N5O/c1-5-17(7-8(2)11(13)16-18)12-14-9(3)6-10(4)15-12/h6,8,18H,5,7H2,1-4H3,(H2,13,16). The number of amidine groups is 1. The minimum absolute atomic E-state index is 0.0561. The summed E-state index contributed by atoms with van der Waals surface area (Å²) in [6.07, 6.45) is 0. The second-order valence-electron chi connectivity index (χ2n) is 4.42. The lowest BCUT2D eigenvalue weighted by atomic mass is 10.1. The Labute approximate surface area is 108 Å². The van der Waals surface area contributed by atoms with E-state index in [-0.39, 0.29) is 11.8 Å². The summed E-state index contributed by atoms with van der Waals surface area (Å²) >= 11 is 0. The quantitative estimate of drug-likeness (QED) is 0.356. The van der Waals surface area contributed by atoms with Crippen molar-refractivity contribution in [2.45, 2.75) is 27.7 Å². The highest BCUT2D eigenvalue weighted by atomic mass is 16.4. The fraction of sp³-hybridized carbons (Fsp3) is 0.583. The van der Waals surface area contributed by atoms with Gasteiger partial charge in [0.2, 0.25) is 5.95 Å². The van der Waals surface area contributed by atoms with E-state index in [4.69, 9.17) is 10.9 Å². The molecule has 0 aromatic carbocycles. The van der Waals surface area contributed by atoms with Crippen LogP contribution in [0.3, 0.4) is 0 Å². The fourth-order valence-corrected chi connectivity index (χ4v) is 1.72. The number of nitrogens with two attached hydrogens (primary N) is 1. The Morgan fingerprint density at radius 1 is 1.44 bits per heavy atom. The number of aryl methyl sites for hydroxylation is 2. The van der Waals surface area contributed by atoms with Gasteiger partial charge in [-0.05, 0) is 26.8 Å². The molecule has 100 valence electrons. The molecule has 1 unspecified atom stereocenters. The van der Waals surface area contributed by atoms with Crippen molar-refractivity contribution in [3.05, 3.63) is 17.5 Å². The minimum atomic E-state index is -0.0561. The lowest BCUT2D eigenvalue weighted by molar-refractivity contribution is 0.314. The van der Waals surface area contributed by atoms with Gasteiger partial charge >= 0.3 is 0 Å². The number of hydrogen-bond donors (Lipinski definition) is 2. The number of nitrogens with zero attached hydrogens (tertiary/aromatic N) is 4. The SMILES string of the molecule is CCN(CC(C)C(N)=NO)c1nc(C)cc(C)n1. The Hall–Kier alpha value is -1.85. The highest BCUT2D eigenvalue weighted by Gasteiger charge is 2.15. The van der Waals surface area contributed by atoms with Gasteiger partial charge in [0.1, 0.15) is 5.84 Å². The highest BCUT2D eigenvalue weighted by molar-refractivity contribution is 5.82. The molecule has 1 aromatic rings. The van der Waals surface area contributed by atoms with E-state index in [1.54, 1.807) is 0 Å². The molecule has 0 aliphatic heterocycles. The lowest BCUT2D eigenvalue weighted by Gasteiger charge is -2.24. The van der Waals surface area contributed by atoms with Gasteiger partial charge in [-0.25, -0.2) is 9.97 Å². The van der Waals surface area contributed by atoms with Gasteiger partial charge < -0.3 is 15.8 Å². The van der Waals surface area contributed by atoms with Gasteiger partial charge in [0.25, 0.3) is 0 Å². The smallest absolute Gasteiger partial charge is 0.225 e. The highest BCUT2D eigenvalue weighted by Crippen LogP contribution is 2.12. The Morgan fingerprint density at radius 2 is 2.00 bits per heavy atom. The Bertz CT molecular complexity index is 412. The van der Waals surface area contributed by atoms with Crippen molar-refractivity contribution in [3.8, 4) is 0 Å². The van der Waals surface area contributed by atoms with Crippen LogP contribution in [0.25, 0.3) is 0 Å². The van der Waals surface area contributed by atoms with Crippen molar-refractivity contribution >= 4 is 11.8 Å². The van der Waals surface area contributed by atoms with E-state index < -0.39 is 0 Å². The molecule has 0 fully saturated rings. The number of rotatable bonds is 5. The van der Waals surface area contributed by atoms with Gasteiger partial charge in [0.05, 0.1) is 0 Å². The van der Waals surface area contributed by atoms with Crippen molar-refractivity contribution < 1.29 is 5.21 Å². The third-order valence-electron chi connectivity index (χ3n) is 2.75. The Morgan fingerprint density at radius 3 is 2.44 bits per heavy atom. The first-order valence-corrected chi connectivity index (χ1v) is 6.02. The predicted octanol–water partition coefficient (Wildman–Crippen LogP) is 1.30. The van der Waals surface area contributed by atoms with Crippen molar-refractivity contribution in [2.24, 2.45) is 16.8 Å². The first-order valence-electron chi connectivity index (χ1n) is 6.02. The first kappa shape index (κ1) is 14.2. The molecule has 0 amide bonds. The van der Waals surface area contributed by atoms with E-state index in [1.165, 1.54) is 0 Å². The van der Waals surface area contributed by atoms with E-state index >= 15 is 0 Å². The third kappa shape index (κ3) is 3.58. The molecular weight excluding hydrogens is 230 g/mol. The molecule has 0 saturated carbocycles. The molecule has 0 spiro atoms. The van der Waals surface area contributed by atoms with E-state index in [0.29, 0.717) is 12.5 Å². The van der Waals surface area contributed by atoms with Crippen LogP contribution >= 0.6 is 0 Å². The summed E-state index contributed by atoms with van der Waals surface area (Å²) in [6.45, 7) is 9.21. The predicted molar refractivity (Wildman–Crippen MR) is 72.0 cm³/mol. The van der Waals surface area contributed by atoms with Crippen LogP contribution in [0, 0.1) is 19.8 Å². The minimum Gasteiger partial charge on any atom is -0.409 e. The first-order chi connectivity index (χ1) is 8.47. The van der Waals surface area contributed by atoms with Crippen molar-refractivity contribution in [3.63, 3.8) is 0 Å². The molecule has 0 bridgehead atoms. The molecule has 1 heterocycles. The molecule has 1 aromatic heterocycles. The molecule has 0 saturated heterocycles. The summed E-state index contributed by atoms with van der Waals surface area (Å²) in [5.41, 5.74) is 7.46. The van der Waals surface area contributed by atoms with E-state index in [1.807, 2.05) is 38.7 Å². The van der Waals surface area contributed by atoms with Gasteiger partial charge in [-0.3, -0.25) is 0 Å². The number of aromatic nitrogens is 2. The number of anilines is 1. The summed E-state index contributed by atoms with van der Waals surface area (Å²) in [7, 11) is 0. The molecule has 6 heteroatoms. The van der Waals surface area contributed by atoms with Crippen LogP contribution < -0.4 is 10.6 Å². The summed E-state index contributed by atoms with van der Waals surface area (Å²) in [5.74, 6) is 0.852. The fourth-order valence-electron chi connectivity index (χ4n) is 1.72. The zero-order chi connectivity index (χ0) is 13.7.